The molecular formula is C36H72NNaO2. The van der Waals surface area contributed by atoms with Gasteiger partial charge in [0.05, 0.1) is 5.97 Å². The van der Waals surface area contributed by atoms with E-state index in [9.17, 15) is 9.90 Å². The fourth-order valence-electron chi connectivity index (χ4n) is 6.02. The molecule has 0 aromatic rings. The first-order valence-electron chi connectivity index (χ1n) is 18.1. The van der Waals surface area contributed by atoms with Crippen LogP contribution >= 0.6 is 0 Å². The quantitative estimate of drug-likeness (QED) is 0.0595. The van der Waals surface area contributed by atoms with Crippen molar-refractivity contribution in [3.05, 3.63) is 0 Å². The molecule has 0 bridgehead atoms. The second-order valence-electron chi connectivity index (χ2n) is 12.5. The molecule has 3 nitrogen and oxygen atoms in total. The van der Waals surface area contributed by atoms with Gasteiger partial charge in [0.2, 0.25) is 0 Å². The molecule has 1 atom stereocenters. The number of hydrogen-bond donors (Lipinski definition) is 0. The van der Waals surface area contributed by atoms with Gasteiger partial charge >= 0.3 is 29.6 Å². The molecule has 0 aromatic carbocycles. The number of carbonyl (C=O) groups is 1. The Hall–Kier alpha value is 0.430. The molecule has 0 spiro atoms. The SMILES string of the molecule is CCCCCCCCCCCCCCCCN(CCCCCCCCCCCCCCCC)C(CC)C(=O)[O-].[Na+]. The Morgan fingerprint density at radius 1 is 0.450 bits per heavy atom. The normalized spacial score (nSPS) is 12.1. The van der Waals surface area contributed by atoms with E-state index < -0.39 is 12.0 Å². The van der Waals surface area contributed by atoms with E-state index in [2.05, 4.69) is 18.7 Å². The van der Waals surface area contributed by atoms with Crippen LogP contribution < -0.4 is 34.7 Å². The predicted octanol–water partition coefficient (Wildman–Crippen LogP) is 7.78. The van der Waals surface area contributed by atoms with Crippen molar-refractivity contribution in [1.29, 1.82) is 0 Å². The summed E-state index contributed by atoms with van der Waals surface area (Å²) in [5.41, 5.74) is 0. The fraction of sp³-hybridized carbons (Fsp3) is 0.972. The van der Waals surface area contributed by atoms with Gasteiger partial charge in [0, 0.05) is 6.04 Å². The summed E-state index contributed by atoms with van der Waals surface area (Å²) in [5, 5.41) is 11.7. The maximum absolute atomic E-state index is 11.7. The molecule has 0 fully saturated rings. The minimum absolute atomic E-state index is 0. The van der Waals surface area contributed by atoms with Crippen molar-refractivity contribution >= 4 is 5.97 Å². The van der Waals surface area contributed by atoms with Crippen molar-refractivity contribution < 1.29 is 39.5 Å². The summed E-state index contributed by atoms with van der Waals surface area (Å²) >= 11 is 0. The monoisotopic (exact) mass is 574 g/mol. The molecule has 0 aliphatic heterocycles. The van der Waals surface area contributed by atoms with E-state index in [0.717, 1.165) is 25.9 Å². The number of carboxylic acid groups (broad SMARTS) is 1. The van der Waals surface area contributed by atoms with Crippen LogP contribution in [0.5, 0.6) is 0 Å². The van der Waals surface area contributed by atoms with E-state index in [1.54, 1.807) is 0 Å². The van der Waals surface area contributed by atoms with Crippen LogP contribution in [-0.2, 0) is 4.79 Å². The second kappa shape index (κ2) is 35.6. The molecule has 0 aromatic heterocycles. The van der Waals surface area contributed by atoms with Crippen molar-refractivity contribution in [3.8, 4) is 0 Å². The van der Waals surface area contributed by atoms with Crippen LogP contribution in [0.15, 0.2) is 0 Å². The van der Waals surface area contributed by atoms with Crippen LogP contribution in [0.1, 0.15) is 207 Å². The Morgan fingerprint density at radius 2 is 0.675 bits per heavy atom. The van der Waals surface area contributed by atoms with Gasteiger partial charge < -0.3 is 9.90 Å². The Labute approximate surface area is 275 Å². The zero-order chi connectivity index (χ0) is 28.7. The molecule has 0 saturated carbocycles. The van der Waals surface area contributed by atoms with Crippen molar-refractivity contribution in [2.24, 2.45) is 0 Å². The fourth-order valence-corrected chi connectivity index (χ4v) is 6.02. The average Bonchev–Trinajstić information content (AvgIpc) is 2.93. The van der Waals surface area contributed by atoms with Crippen molar-refractivity contribution in [2.75, 3.05) is 13.1 Å². The first kappa shape index (κ1) is 42.6. The molecule has 0 rings (SSSR count). The summed E-state index contributed by atoms with van der Waals surface area (Å²) in [5.74, 6) is -0.881. The number of aliphatic carboxylic acids is 1. The summed E-state index contributed by atoms with van der Waals surface area (Å²) < 4.78 is 0. The third-order valence-corrected chi connectivity index (χ3v) is 8.70. The van der Waals surface area contributed by atoms with E-state index in [1.165, 1.54) is 167 Å². The van der Waals surface area contributed by atoms with E-state index in [1.807, 2.05) is 6.92 Å². The van der Waals surface area contributed by atoms with Crippen LogP contribution in [0.25, 0.3) is 0 Å². The topological polar surface area (TPSA) is 43.4 Å². The molecule has 0 heterocycles. The van der Waals surface area contributed by atoms with Crippen molar-refractivity contribution in [1.82, 2.24) is 4.90 Å². The number of carbonyl (C=O) groups excluding carboxylic acids is 1. The molecule has 1 unspecified atom stereocenters. The first-order chi connectivity index (χ1) is 19.2. The summed E-state index contributed by atoms with van der Waals surface area (Å²) in [6, 6.07) is -0.408. The summed E-state index contributed by atoms with van der Waals surface area (Å²) in [4.78, 5) is 13.9. The van der Waals surface area contributed by atoms with Gasteiger partial charge in [-0.2, -0.15) is 0 Å². The number of nitrogens with zero attached hydrogens (tertiary/aromatic N) is 1. The van der Waals surface area contributed by atoms with Crippen molar-refractivity contribution in [2.45, 2.75) is 213 Å². The van der Waals surface area contributed by atoms with Gasteiger partial charge in [0.25, 0.3) is 0 Å². The number of rotatable bonds is 33. The number of carboxylic acids is 1. The van der Waals surface area contributed by atoms with Gasteiger partial charge in [-0.15, -0.1) is 0 Å². The van der Waals surface area contributed by atoms with Crippen LogP contribution in [-0.4, -0.2) is 30.0 Å². The maximum atomic E-state index is 11.7. The molecule has 0 N–H and O–H groups in total. The van der Waals surface area contributed by atoms with Crippen LogP contribution in [0, 0.1) is 0 Å². The van der Waals surface area contributed by atoms with E-state index in [4.69, 9.17) is 0 Å². The Kier molecular flexibility index (Phi) is 37.9. The standard InChI is InChI=1S/C36H73NO2.Na/c1-4-7-9-11-13-15-17-19-21-23-25-27-29-31-33-37(35(6-3)36(38)39)34-32-30-28-26-24-22-20-18-16-14-12-10-8-5-2;/h35H,4-34H2,1-3H3,(H,38,39);/q;+1/p-1. The molecule has 0 aliphatic rings. The Bertz CT molecular complexity index is 455. The van der Waals surface area contributed by atoms with E-state index in [0.29, 0.717) is 6.42 Å². The van der Waals surface area contributed by atoms with Crippen LogP contribution in [0.3, 0.4) is 0 Å². The molecule has 4 heteroatoms. The minimum Gasteiger partial charge on any atom is -0.548 e. The van der Waals surface area contributed by atoms with E-state index in [-0.39, 0.29) is 29.6 Å². The molecule has 0 aliphatic carbocycles. The Morgan fingerprint density at radius 3 is 0.875 bits per heavy atom. The summed E-state index contributed by atoms with van der Waals surface area (Å²) in [6.45, 7) is 8.40. The summed E-state index contributed by atoms with van der Waals surface area (Å²) in [7, 11) is 0. The van der Waals surface area contributed by atoms with Gasteiger partial charge in [0.1, 0.15) is 0 Å². The van der Waals surface area contributed by atoms with Crippen LogP contribution in [0.4, 0.5) is 0 Å². The predicted molar refractivity (Wildman–Crippen MR) is 171 cm³/mol. The van der Waals surface area contributed by atoms with Gasteiger partial charge in [0.15, 0.2) is 0 Å². The zero-order valence-corrected chi connectivity index (χ0v) is 30.3. The maximum Gasteiger partial charge on any atom is 1.00 e. The average molecular weight is 574 g/mol. The van der Waals surface area contributed by atoms with Gasteiger partial charge in [-0.3, -0.25) is 4.90 Å². The molecular weight excluding hydrogens is 501 g/mol. The second-order valence-corrected chi connectivity index (χ2v) is 12.5. The molecule has 0 amide bonds. The third kappa shape index (κ3) is 29.9. The number of unbranched alkanes of at least 4 members (excludes halogenated alkanes) is 26. The summed E-state index contributed by atoms with van der Waals surface area (Å²) in [6.07, 6.45) is 38.7. The minimum atomic E-state index is -0.881. The first-order valence-corrected chi connectivity index (χ1v) is 18.1. The smallest absolute Gasteiger partial charge is 0.548 e. The van der Waals surface area contributed by atoms with Crippen molar-refractivity contribution in [3.63, 3.8) is 0 Å². The van der Waals surface area contributed by atoms with Gasteiger partial charge in [-0.05, 0) is 32.4 Å². The zero-order valence-electron chi connectivity index (χ0n) is 28.3. The third-order valence-electron chi connectivity index (χ3n) is 8.70. The largest absolute Gasteiger partial charge is 1.00 e. The molecule has 40 heavy (non-hydrogen) atoms. The molecule has 0 radical (unpaired) electrons. The molecule has 234 valence electrons. The van der Waals surface area contributed by atoms with Gasteiger partial charge in [-0.1, -0.05) is 188 Å². The van der Waals surface area contributed by atoms with Crippen LogP contribution in [0.2, 0.25) is 0 Å². The van der Waals surface area contributed by atoms with E-state index >= 15 is 0 Å². The van der Waals surface area contributed by atoms with Gasteiger partial charge in [-0.25, -0.2) is 0 Å². The molecule has 0 saturated heterocycles. The Balaban J connectivity index is 0. The number of hydrogen-bond acceptors (Lipinski definition) is 3.